The van der Waals surface area contributed by atoms with Crippen LogP contribution in [0.15, 0.2) is 48.5 Å². The summed E-state index contributed by atoms with van der Waals surface area (Å²) in [6, 6.07) is 9.13. The highest BCUT2D eigenvalue weighted by atomic mass is 19.4. The van der Waals surface area contributed by atoms with Crippen LogP contribution >= 0.6 is 0 Å². The molecule has 1 aliphatic heterocycles. The Bertz CT molecular complexity index is 1040. The number of benzene rings is 2. The molecule has 32 heavy (non-hydrogen) atoms. The second-order valence-electron chi connectivity index (χ2n) is 8.02. The Hall–Kier alpha value is -2.87. The minimum Gasteiger partial charge on any atom is -0.496 e. The molecule has 4 rings (SSSR count). The molecular formula is C24H22F4O4. The van der Waals surface area contributed by atoms with Gasteiger partial charge in [0.05, 0.1) is 37.9 Å². The summed E-state index contributed by atoms with van der Waals surface area (Å²) in [5.41, 5.74) is -0.174. The van der Waals surface area contributed by atoms with Gasteiger partial charge in [-0.2, -0.15) is 13.2 Å². The highest BCUT2D eigenvalue weighted by Gasteiger charge is 2.54. The minimum absolute atomic E-state index is 0.0588. The van der Waals surface area contributed by atoms with Crippen molar-refractivity contribution in [2.45, 2.75) is 30.5 Å². The van der Waals surface area contributed by atoms with Crippen LogP contribution in [-0.4, -0.2) is 32.4 Å². The van der Waals surface area contributed by atoms with Crippen LogP contribution in [0.3, 0.4) is 0 Å². The SMILES string of the molecule is COC(=O)C1CCC2(C=C(c3cc(C(F)(F)F)ccc3OC)CO2)C1c1ccc(F)cc1. The first-order chi connectivity index (χ1) is 15.2. The normalized spacial score (nSPS) is 25.1. The van der Waals surface area contributed by atoms with E-state index >= 15 is 0 Å². The number of halogens is 4. The van der Waals surface area contributed by atoms with Gasteiger partial charge in [-0.3, -0.25) is 4.79 Å². The number of methoxy groups -OCH3 is 2. The van der Waals surface area contributed by atoms with E-state index in [1.165, 1.54) is 32.4 Å². The summed E-state index contributed by atoms with van der Waals surface area (Å²) in [6.45, 7) is 0.0588. The molecule has 2 aromatic carbocycles. The fourth-order valence-corrected chi connectivity index (χ4v) is 4.84. The lowest BCUT2D eigenvalue weighted by Gasteiger charge is -2.31. The van der Waals surface area contributed by atoms with Gasteiger partial charge in [0.1, 0.15) is 11.6 Å². The van der Waals surface area contributed by atoms with Crippen LogP contribution in [0.1, 0.15) is 35.4 Å². The second-order valence-corrected chi connectivity index (χ2v) is 8.02. The fourth-order valence-electron chi connectivity index (χ4n) is 4.84. The van der Waals surface area contributed by atoms with Crippen molar-refractivity contribution < 1.29 is 36.6 Å². The van der Waals surface area contributed by atoms with Crippen LogP contribution in [0.2, 0.25) is 0 Å². The molecule has 1 spiro atoms. The zero-order valence-corrected chi connectivity index (χ0v) is 17.5. The average molecular weight is 450 g/mol. The maximum absolute atomic E-state index is 13.5. The van der Waals surface area contributed by atoms with Crippen LogP contribution in [0.25, 0.3) is 5.57 Å². The lowest BCUT2D eigenvalue weighted by atomic mass is 9.79. The largest absolute Gasteiger partial charge is 0.496 e. The van der Waals surface area contributed by atoms with Gasteiger partial charge in [-0.15, -0.1) is 0 Å². The monoisotopic (exact) mass is 450 g/mol. The number of carbonyl (C=O) groups excluding carboxylic acids is 1. The standard InChI is InChI=1S/C24H22F4O4/c1-30-20-8-5-16(24(26,27)28)11-19(20)15-12-23(32-13-15)10-9-18(22(29)31-2)21(23)14-3-6-17(25)7-4-14/h3-8,11-12,18,21H,9-10,13H2,1-2H3. The molecule has 0 saturated heterocycles. The Kier molecular flexibility index (Phi) is 5.75. The second kappa shape index (κ2) is 8.24. The van der Waals surface area contributed by atoms with E-state index in [9.17, 15) is 22.4 Å². The zero-order valence-electron chi connectivity index (χ0n) is 17.5. The summed E-state index contributed by atoms with van der Waals surface area (Å²) >= 11 is 0. The molecule has 8 heteroatoms. The van der Waals surface area contributed by atoms with E-state index in [-0.39, 0.29) is 6.61 Å². The topological polar surface area (TPSA) is 44.8 Å². The van der Waals surface area contributed by atoms with Gasteiger partial charge < -0.3 is 14.2 Å². The van der Waals surface area contributed by atoms with E-state index in [4.69, 9.17) is 14.2 Å². The van der Waals surface area contributed by atoms with Gasteiger partial charge in [0, 0.05) is 11.5 Å². The van der Waals surface area contributed by atoms with Crippen molar-refractivity contribution in [1.82, 2.24) is 0 Å². The van der Waals surface area contributed by atoms with E-state index in [1.807, 2.05) is 0 Å². The molecule has 3 unspecified atom stereocenters. The van der Waals surface area contributed by atoms with Crippen molar-refractivity contribution in [1.29, 1.82) is 0 Å². The summed E-state index contributed by atoms with van der Waals surface area (Å²) in [5.74, 6) is -1.51. The van der Waals surface area contributed by atoms with Gasteiger partial charge in [-0.1, -0.05) is 12.1 Å². The number of alkyl halides is 3. The van der Waals surface area contributed by atoms with Gasteiger partial charge in [0.2, 0.25) is 0 Å². The average Bonchev–Trinajstić information content (AvgIpc) is 3.37. The van der Waals surface area contributed by atoms with Gasteiger partial charge >= 0.3 is 12.1 Å². The smallest absolute Gasteiger partial charge is 0.416 e. The lowest BCUT2D eigenvalue weighted by molar-refractivity contribution is -0.146. The fraction of sp³-hybridized carbons (Fsp3) is 0.375. The predicted octanol–water partition coefficient (Wildman–Crippen LogP) is 5.37. The van der Waals surface area contributed by atoms with Gasteiger partial charge in [-0.25, -0.2) is 4.39 Å². The number of carbonyl (C=O) groups is 1. The van der Waals surface area contributed by atoms with Crippen molar-refractivity contribution in [2.24, 2.45) is 5.92 Å². The molecule has 1 aliphatic carbocycles. The van der Waals surface area contributed by atoms with Gasteiger partial charge in [-0.05, 0) is 60.4 Å². The molecule has 3 atom stereocenters. The maximum Gasteiger partial charge on any atom is 0.416 e. The molecule has 4 nitrogen and oxygen atoms in total. The number of hydrogen-bond donors (Lipinski definition) is 0. The number of rotatable bonds is 4. The third kappa shape index (κ3) is 3.88. The Balaban J connectivity index is 1.79. The summed E-state index contributed by atoms with van der Waals surface area (Å²) in [6.07, 6.45) is -1.77. The number of esters is 1. The molecule has 1 fully saturated rings. The Morgan fingerprint density at radius 3 is 2.47 bits per heavy atom. The van der Waals surface area contributed by atoms with Crippen molar-refractivity contribution >= 4 is 11.5 Å². The predicted molar refractivity (Wildman–Crippen MR) is 109 cm³/mol. The summed E-state index contributed by atoms with van der Waals surface area (Å²) in [4.78, 5) is 12.5. The summed E-state index contributed by atoms with van der Waals surface area (Å²) < 4.78 is 69.9. The minimum atomic E-state index is -4.50. The third-order valence-corrected chi connectivity index (χ3v) is 6.30. The molecule has 0 radical (unpaired) electrons. The first kappa shape index (κ1) is 22.3. The maximum atomic E-state index is 13.5. The Labute approximate surface area is 182 Å². The van der Waals surface area contributed by atoms with E-state index in [0.29, 0.717) is 35.3 Å². The van der Waals surface area contributed by atoms with Gasteiger partial charge in [0.15, 0.2) is 0 Å². The zero-order chi connectivity index (χ0) is 23.1. The number of ether oxygens (including phenoxy) is 3. The van der Waals surface area contributed by atoms with E-state index in [1.54, 1.807) is 18.2 Å². The third-order valence-electron chi connectivity index (χ3n) is 6.30. The molecule has 0 bridgehead atoms. The highest BCUT2D eigenvalue weighted by molar-refractivity contribution is 5.78. The van der Waals surface area contributed by atoms with Gasteiger partial charge in [0.25, 0.3) is 0 Å². The lowest BCUT2D eigenvalue weighted by Crippen LogP contribution is -2.34. The first-order valence-electron chi connectivity index (χ1n) is 10.1. The summed E-state index contributed by atoms with van der Waals surface area (Å²) in [5, 5.41) is 0. The molecule has 2 aromatic rings. The van der Waals surface area contributed by atoms with Crippen LogP contribution in [0.4, 0.5) is 17.6 Å². The van der Waals surface area contributed by atoms with E-state index in [0.717, 1.165) is 12.1 Å². The Morgan fingerprint density at radius 2 is 1.84 bits per heavy atom. The van der Waals surface area contributed by atoms with E-state index in [2.05, 4.69) is 0 Å². The molecule has 1 saturated carbocycles. The van der Waals surface area contributed by atoms with Crippen LogP contribution in [0, 0.1) is 11.7 Å². The molecular weight excluding hydrogens is 428 g/mol. The van der Waals surface area contributed by atoms with E-state index < -0.39 is 41.0 Å². The summed E-state index contributed by atoms with van der Waals surface area (Å²) in [7, 11) is 2.70. The molecule has 2 aliphatic rings. The quantitative estimate of drug-likeness (QED) is 0.464. The molecule has 0 amide bonds. The van der Waals surface area contributed by atoms with Crippen molar-refractivity contribution in [2.75, 3.05) is 20.8 Å². The molecule has 0 aromatic heterocycles. The molecule has 0 N–H and O–H groups in total. The molecule has 170 valence electrons. The van der Waals surface area contributed by atoms with Crippen molar-refractivity contribution in [3.63, 3.8) is 0 Å². The van der Waals surface area contributed by atoms with Crippen molar-refractivity contribution in [3.8, 4) is 5.75 Å². The number of hydrogen-bond acceptors (Lipinski definition) is 4. The Morgan fingerprint density at radius 1 is 1.12 bits per heavy atom. The first-order valence-corrected chi connectivity index (χ1v) is 10.1. The van der Waals surface area contributed by atoms with Crippen molar-refractivity contribution in [3.05, 3.63) is 71.0 Å². The molecule has 1 heterocycles. The highest BCUT2D eigenvalue weighted by Crippen LogP contribution is 2.54. The van der Waals surface area contributed by atoms with Crippen LogP contribution < -0.4 is 4.74 Å². The van der Waals surface area contributed by atoms with Crippen LogP contribution in [-0.2, 0) is 20.4 Å². The van der Waals surface area contributed by atoms with Crippen LogP contribution in [0.5, 0.6) is 5.75 Å².